The van der Waals surface area contributed by atoms with E-state index in [4.69, 9.17) is 0 Å². The quantitative estimate of drug-likeness (QED) is 0.237. The molecule has 0 spiro atoms. The highest BCUT2D eigenvalue weighted by Gasteiger charge is 2.14. The van der Waals surface area contributed by atoms with Crippen molar-refractivity contribution in [3.05, 3.63) is 101 Å². The van der Waals surface area contributed by atoms with Gasteiger partial charge in [0, 0.05) is 27.5 Å². The first kappa shape index (κ1) is 22.1. The SMILES string of the molecule is O=C(N/N=C/c1cn(-c2ccccc2)nc1-c1ccc(F)cc1)C(=O)Nc1ccc(Br)cc1. The number of para-hydroxylation sites is 1. The molecule has 0 saturated heterocycles. The fourth-order valence-corrected chi connectivity index (χ4v) is 3.22. The van der Waals surface area contributed by atoms with Crippen LogP contribution in [0, 0.1) is 5.82 Å². The standard InChI is InChI=1S/C24H17BrFN5O2/c25-18-8-12-20(13-9-18)28-23(32)24(33)29-27-14-17-15-31(21-4-2-1-3-5-21)30-22(17)16-6-10-19(26)11-7-16/h1-15H,(H,28,32)(H,29,33)/b27-14+. The van der Waals surface area contributed by atoms with Crippen molar-refractivity contribution >= 4 is 39.6 Å². The summed E-state index contributed by atoms with van der Waals surface area (Å²) in [6.07, 6.45) is 3.11. The molecule has 3 aromatic carbocycles. The van der Waals surface area contributed by atoms with Gasteiger partial charge in [-0.1, -0.05) is 34.1 Å². The van der Waals surface area contributed by atoms with Gasteiger partial charge < -0.3 is 5.32 Å². The minimum absolute atomic E-state index is 0.361. The number of carbonyl (C=O) groups excluding carboxylic acids is 2. The molecule has 4 aromatic rings. The van der Waals surface area contributed by atoms with Crippen molar-refractivity contribution in [1.29, 1.82) is 0 Å². The van der Waals surface area contributed by atoms with E-state index in [-0.39, 0.29) is 5.82 Å². The second-order valence-corrected chi connectivity index (χ2v) is 7.80. The van der Waals surface area contributed by atoms with E-state index in [0.29, 0.717) is 22.5 Å². The van der Waals surface area contributed by atoms with E-state index < -0.39 is 11.8 Å². The Balaban J connectivity index is 1.52. The van der Waals surface area contributed by atoms with Crippen LogP contribution in [-0.2, 0) is 9.59 Å². The molecule has 0 atom stereocenters. The molecule has 0 aliphatic heterocycles. The first-order valence-corrected chi connectivity index (χ1v) is 10.6. The third kappa shape index (κ3) is 5.58. The predicted molar refractivity (Wildman–Crippen MR) is 127 cm³/mol. The van der Waals surface area contributed by atoms with Gasteiger partial charge in [0.1, 0.15) is 11.5 Å². The van der Waals surface area contributed by atoms with Gasteiger partial charge in [-0.2, -0.15) is 10.2 Å². The molecule has 1 aromatic heterocycles. The zero-order chi connectivity index (χ0) is 23.2. The van der Waals surface area contributed by atoms with E-state index in [2.05, 4.69) is 36.9 Å². The molecule has 9 heteroatoms. The fraction of sp³-hybridized carbons (Fsp3) is 0. The van der Waals surface area contributed by atoms with Crippen molar-refractivity contribution in [2.75, 3.05) is 5.32 Å². The van der Waals surface area contributed by atoms with Crippen molar-refractivity contribution in [2.45, 2.75) is 0 Å². The monoisotopic (exact) mass is 505 g/mol. The van der Waals surface area contributed by atoms with E-state index in [1.165, 1.54) is 18.3 Å². The highest BCUT2D eigenvalue weighted by Crippen LogP contribution is 2.23. The Kier molecular flexibility index (Phi) is 6.70. The van der Waals surface area contributed by atoms with Crippen LogP contribution >= 0.6 is 15.9 Å². The third-order valence-corrected chi connectivity index (χ3v) is 5.09. The van der Waals surface area contributed by atoms with Gasteiger partial charge in [-0.15, -0.1) is 0 Å². The van der Waals surface area contributed by atoms with E-state index in [1.54, 1.807) is 47.3 Å². The number of amides is 2. The zero-order valence-electron chi connectivity index (χ0n) is 17.1. The van der Waals surface area contributed by atoms with Gasteiger partial charge in [0.05, 0.1) is 11.9 Å². The van der Waals surface area contributed by atoms with Gasteiger partial charge in [0.15, 0.2) is 0 Å². The lowest BCUT2D eigenvalue weighted by atomic mass is 10.1. The van der Waals surface area contributed by atoms with Crippen LogP contribution in [0.25, 0.3) is 16.9 Å². The summed E-state index contributed by atoms with van der Waals surface area (Å²) in [4.78, 5) is 24.2. The summed E-state index contributed by atoms with van der Waals surface area (Å²) >= 11 is 3.30. The average Bonchev–Trinajstić information content (AvgIpc) is 3.25. The normalized spacial score (nSPS) is 10.8. The number of hydrogen-bond acceptors (Lipinski definition) is 4. The Labute approximate surface area is 197 Å². The molecule has 0 radical (unpaired) electrons. The highest BCUT2D eigenvalue weighted by molar-refractivity contribution is 9.10. The van der Waals surface area contributed by atoms with Crippen LogP contribution in [0.4, 0.5) is 10.1 Å². The molecule has 0 fully saturated rings. The number of nitrogens with one attached hydrogen (secondary N) is 2. The van der Waals surface area contributed by atoms with Gasteiger partial charge in [-0.05, 0) is 60.7 Å². The number of hydrazone groups is 1. The Bertz CT molecular complexity index is 1300. The Hall–Kier alpha value is -4.11. The highest BCUT2D eigenvalue weighted by atomic mass is 79.9. The van der Waals surface area contributed by atoms with Gasteiger partial charge in [0.25, 0.3) is 0 Å². The molecule has 0 bridgehead atoms. The summed E-state index contributed by atoms with van der Waals surface area (Å²) in [6.45, 7) is 0. The second kappa shape index (κ2) is 10.0. The lowest BCUT2D eigenvalue weighted by molar-refractivity contribution is -0.136. The minimum Gasteiger partial charge on any atom is -0.318 e. The third-order valence-electron chi connectivity index (χ3n) is 4.56. The molecule has 0 unspecified atom stereocenters. The van der Waals surface area contributed by atoms with Crippen LogP contribution in [0.2, 0.25) is 0 Å². The predicted octanol–water partition coefficient (Wildman–Crippen LogP) is 4.53. The summed E-state index contributed by atoms with van der Waals surface area (Å²) in [5.74, 6) is -2.14. The summed E-state index contributed by atoms with van der Waals surface area (Å²) in [6, 6.07) is 22.1. The molecule has 164 valence electrons. The fourth-order valence-electron chi connectivity index (χ4n) is 2.96. The zero-order valence-corrected chi connectivity index (χ0v) is 18.7. The van der Waals surface area contributed by atoms with E-state index in [9.17, 15) is 14.0 Å². The number of benzene rings is 3. The molecule has 2 amide bonds. The number of rotatable bonds is 5. The lowest BCUT2D eigenvalue weighted by Gasteiger charge is -2.03. The number of carbonyl (C=O) groups is 2. The molecule has 7 nitrogen and oxygen atoms in total. The van der Waals surface area contributed by atoms with E-state index >= 15 is 0 Å². The van der Waals surface area contributed by atoms with Gasteiger partial charge in [0.2, 0.25) is 0 Å². The van der Waals surface area contributed by atoms with Crippen LogP contribution in [0.1, 0.15) is 5.56 Å². The van der Waals surface area contributed by atoms with Crippen molar-refractivity contribution in [1.82, 2.24) is 15.2 Å². The first-order chi connectivity index (χ1) is 16.0. The van der Waals surface area contributed by atoms with Crippen LogP contribution in [0.5, 0.6) is 0 Å². The van der Waals surface area contributed by atoms with Crippen LogP contribution in [-0.4, -0.2) is 27.8 Å². The topological polar surface area (TPSA) is 88.4 Å². The average molecular weight is 506 g/mol. The Morgan fingerprint density at radius 3 is 2.33 bits per heavy atom. The second-order valence-electron chi connectivity index (χ2n) is 6.88. The van der Waals surface area contributed by atoms with E-state index in [0.717, 1.165) is 10.2 Å². The van der Waals surface area contributed by atoms with Crippen LogP contribution < -0.4 is 10.7 Å². The van der Waals surface area contributed by atoms with Gasteiger partial charge in [-0.25, -0.2) is 14.5 Å². The smallest absolute Gasteiger partial charge is 0.318 e. The summed E-state index contributed by atoms with van der Waals surface area (Å²) in [5.41, 5.74) is 5.29. The number of halogens is 2. The maximum atomic E-state index is 13.4. The van der Waals surface area contributed by atoms with E-state index in [1.807, 2.05) is 30.3 Å². The molecule has 0 saturated carbocycles. The number of hydrogen-bond donors (Lipinski definition) is 2. The molecule has 0 aliphatic carbocycles. The molecule has 2 N–H and O–H groups in total. The molecule has 4 rings (SSSR count). The molecule has 1 heterocycles. The molecule has 0 aliphatic rings. The van der Waals surface area contributed by atoms with Crippen LogP contribution in [0.3, 0.4) is 0 Å². The Morgan fingerprint density at radius 1 is 0.939 bits per heavy atom. The van der Waals surface area contributed by atoms with Crippen LogP contribution in [0.15, 0.2) is 94.6 Å². The minimum atomic E-state index is -0.923. The summed E-state index contributed by atoms with van der Waals surface area (Å²) in [5, 5.41) is 11.0. The molecular weight excluding hydrogens is 489 g/mol. The Morgan fingerprint density at radius 2 is 1.64 bits per heavy atom. The number of anilines is 1. The summed E-state index contributed by atoms with van der Waals surface area (Å²) in [7, 11) is 0. The van der Waals surface area contributed by atoms with Gasteiger partial charge >= 0.3 is 11.8 Å². The number of aromatic nitrogens is 2. The summed E-state index contributed by atoms with van der Waals surface area (Å²) < 4.78 is 15.9. The lowest BCUT2D eigenvalue weighted by Crippen LogP contribution is -2.32. The van der Waals surface area contributed by atoms with Crippen molar-refractivity contribution in [3.8, 4) is 16.9 Å². The maximum Gasteiger partial charge on any atom is 0.329 e. The van der Waals surface area contributed by atoms with Gasteiger partial charge in [-0.3, -0.25) is 9.59 Å². The van der Waals surface area contributed by atoms with Crippen molar-refractivity contribution in [2.24, 2.45) is 5.10 Å². The van der Waals surface area contributed by atoms with Crippen molar-refractivity contribution < 1.29 is 14.0 Å². The van der Waals surface area contributed by atoms with Crippen molar-refractivity contribution in [3.63, 3.8) is 0 Å². The first-order valence-electron chi connectivity index (χ1n) is 9.80. The largest absolute Gasteiger partial charge is 0.329 e. The number of nitrogens with zero attached hydrogens (tertiary/aromatic N) is 3. The molecular formula is C24H17BrFN5O2. The molecule has 33 heavy (non-hydrogen) atoms. The maximum absolute atomic E-state index is 13.4.